The Hall–Kier alpha value is -0.740. The Morgan fingerprint density at radius 2 is 1.90 bits per heavy atom. The summed E-state index contributed by atoms with van der Waals surface area (Å²) in [5, 5.41) is 3.07. The van der Waals surface area contributed by atoms with Crippen LogP contribution in [0.2, 0.25) is 15.1 Å². The van der Waals surface area contributed by atoms with Gasteiger partial charge in [-0.15, -0.1) is 11.3 Å². The summed E-state index contributed by atoms with van der Waals surface area (Å²) in [5.74, 6) is 0.605. The molecule has 6 heteroatoms. The zero-order chi connectivity index (χ0) is 14.5. The highest BCUT2D eigenvalue weighted by atomic mass is 35.5. The summed E-state index contributed by atoms with van der Waals surface area (Å²) in [5.41, 5.74) is 0. The highest BCUT2D eigenvalue weighted by molar-refractivity contribution is 7.12. The van der Waals surface area contributed by atoms with Crippen LogP contribution in [-0.4, -0.2) is 12.4 Å². The SMILES string of the molecule is O=C(CCCOc1cc(Cl)c(Cl)cc1Cl)c1cccs1. The van der Waals surface area contributed by atoms with Gasteiger partial charge in [-0.3, -0.25) is 4.79 Å². The molecule has 2 aromatic rings. The van der Waals surface area contributed by atoms with Crippen LogP contribution in [0.4, 0.5) is 0 Å². The number of rotatable bonds is 6. The van der Waals surface area contributed by atoms with Crippen molar-refractivity contribution in [3.63, 3.8) is 0 Å². The maximum atomic E-state index is 11.8. The minimum atomic E-state index is 0.129. The number of carbonyl (C=O) groups is 1. The normalized spacial score (nSPS) is 10.6. The standard InChI is InChI=1S/C14H11Cl3O2S/c15-9-7-11(17)13(8-10(9)16)19-5-1-3-12(18)14-4-2-6-20-14/h2,4,6-8H,1,3,5H2. The van der Waals surface area contributed by atoms with Gasteiger partial charge in [0.25, 0.3) is 0 Å². The molecule has 1 aromatic carbocycles. The Balaban J connectivity index is 1.82. The van der Waals surface area contributed by atoms with Gasteiger partial charge in [0, 0.05) is 12.5 Å². The van der Waals surface area contributed by atoms with Crippen molar-refractivity contribution < 1.29 is 9.53 Å². The molecule has 0 N–H and O–H groups in total. The quantitative estimate of drug-likeness (QED) is 0.377. The van der Waals surface area contributed by atoms with Gasteiger partial charge in [0.2, 0.25) is 0 Å². The van der Waals surface area contributed by atoms with Crippen LogP contribution in [0.1, 0.15) is 22.5 Å². The van der Waals surface area contributed by atoms with E-state index in [0.29, 0.717) is 40.3 Å². The molecule has 0 saturated heterocycles. The molecule has 1 aromatic heterocycles. The van der Waals surface area contributed by atoms with Crippen LogP contribution < -0.4 is 4.74 Å². The summed E-state index contributed by atoms with van der Waals surface area (Å²) in [7, 11) is 0. The third-order valence-corrected chi connectivity index (χ3v) is 4.50. The van der Waals surface area contributed by atoms with Crippen LogP contribution in [0.25, 0.3) is 0 Å². The molecule has 0 saturated carbocycles. The summed E-state index contributed by atoms with van der Waals surface area (Å²) < 4.78 is 5.52. The van der Waals surface area contributed by atoms with Crippen LogP contribution in [0.3, 0.4) is 0 Å². The van der Waals surface area contributed by atoms with Crippen molar-refractivity contribution in [3.05, 3.63) is 49.6 Å². The molecule has 0 unspecified atom stereocenters. The van der Waals surface area contributed by atoms with E-state index in [4.69, 9.17) is 39.5 Å². The lowest BCUT2D eigenvalue weighted by Gasteiger charge is -2.08. The maximum Gasteiger partial charge on any atom is 0.172 e. The zero-order valence-electron chi connectivity index (χ0n) is 10.4. The first kappa shape index (κ1) is 15.6. The fourth-order valence-electron chi connectivity index (χ4n) is 1.59. The number of carbonyl (C=O) groups excluding carboxylic acids is 1. The third kappa shape index (κ3) is 4.13. The van der Waals surface area contributed by atoms with Crippen molar-refractivity contribution >= 4 is 51.9 Å². The maximum absolute atomic E-state index is 11.8. The summed E-state index contributed by atoms with van der Waals surface area (Å²) in [6, 6.07) is 6.80. The molecule has 0 aliphatic heterocycles. The Morgan fingerprint density at radius 1 is 1.15 bits per heavy atom. The smallest absolute Gasteiger partial charge is 0.172 e. The second kappa shape index (κ2) is 7.32. The van der Waals surface area contributed by atoms with Crippen LogP contribution in [0.15, 0.2) is 29.6 Å². The van der Waals surface area contributed by atoms with Gasteiger partial charge in [-0.2, -0.15) is 0 Å². The van der Waals surface area contributed by atoms with Gasteiger partial charge in [-0.1, -0.05) is 40.9 Å². The minimum Gasteiger partial charge on any atom is -0.492 e. The van der Waals surface area contributed by atoms with Crippen LogP contribution in [-0.2, 0) is 0 Å². The predicted molar refractivity (Wildman–Crippen MR) is 84.9 cm³/mol. The molecule has 1 heterocycles. The molecule has 0 aliphatic carbocycles. The molecule has 0 aliphatic rings. The molecule has 0 amide bonds. The Kier molecular flexibility index (Phi) is 5.73. The van der Waals surface area contributed by atoms with E-state index in [2.05, 4.69) is 0 Å². The third-order valence-electron chi connectivity index (χ3n) is 2.58. The van der Waals surface area contributed by atoms with E-state index in [-0.39, 0.29) is 5.78 Å². The van der Waals surface area contributed by atoms with Gasteiger partial charge in [0.15, 0.2) is 5.78 Å². The van der Waals surface area contributed by atoms with Crippen molar-refractivity contribution in [2.45, 2.75) is 12.8 Å². The van der Waals surface area contributed by atoms with Crippen molar-refractivity contribution in [1.82, 2.24) is 0 Å². The topological polar surface area (TPSA) is 26.3 Å². The van der Waals surface area contributed by atoms with Gasteiger partial charge >= 0.3 is 0 Å². The molecule has 106 valence electrons. The van der Waals surface area contributed by atoms with Crippen molar-refractivity contribution in [3.8, 4) is 5.75 Å². The van der Waals surface area contributed by atoms with E-state index in [9.17, 15) is 4.79 Å². The highest BCUT2D eigenvalue weighted by Gasteiger charge is 2.09. The number of hydrogen-bond acceptors (Lipinski definition) is 3. The summed E-state index contributed by atoms with van der Waals surface area (Å²) >= 11 is 19.2. The molecule has 2 rings (SSSR count). The Morgan fingerprint density at radius 3 is 2.60 bits per heavy atom. The average Bonchev–Trinajstić information content (AvgIpc) is 2.94. The fourth-order valence-corrected chi connectivity index (χ4v) is 2.88. The predicted octanol–water partition coefficient (Wildman–Crippen LogP) is 5.75. The Labute approximate surface area is 136 Å². The highest BCUT2D eigenvalue weighted by Crippen LogP contribution is 2.33. The minimum absolute atomic E-state index is 0.129. The number of thiophene rings is 1. The van der Waals surface area contributed by atoms with Gasteiger partial charge < -0.3 is 4.74 Å². The van der Waals surface area contributed by atoms with Gasteiger partial charge in [0.05, 0.1) is 26.6 Å². The fraction of sp³-hybridized carbons (Fsp3) is 0.214. The van der Waals surface area contributed by atoms with Crippen LogP contribution in [0.5, 0.6) is 5.75 Å². The Bertz CT molecular complexity index is 597. The van der Waals surface area contributed by atoms with Crippen LogP contribution in [0, 0.1) is 0 Å². The molecule has 0 bridgehead atoms. The lowest BCUT2D eigenvalue weighted by atomic mass is 10.2. The molecule has 0 spiro atoms. The largest absolute Gasteiger partial charge is 0.492 e. The van der Waals surface area contributed by atoms with Crippen LogP contribution >= 0.6 is 46.1 Å². The van der Waals surface area contributed by atoms with E-state index < -0.39 is 0 Å². The monoisotopic (exact) mass is 348 g/mol. The molecule has 0 radical (unpaired) electrons. The van der Waals surface area contributed by atoms with Crippen molar-refractivity contribution in [1.29, 1.82) is 0 Å². The lowest BCUT2D eigenvalue weighted by Crippen LogP contribution is -2.03. The second-order valence-electron chi connectivity index (χ2n) is 4.05. The number of halogens is 3. The summed E-state index contributed by atoms with van der Waals surface area (Å²) in [6.45, 7) is 0.398. The number of ether oxygens (including phenoxy) is 1. The number of ketones is 1. The van der Waals surface area contributed by atoms with Gasteiger partial charge in [-0.25, -0.2) is 0 Å². The lowest BCUT2D eigenvalue weighted by molar-refractivity contribution is 0.0977. The van der Waals surface area contributed by atoms with Gasteiger partial charge in [-0.05, 0) is 23.9 Å². The molecular formula is C14H11Cl3O2S. The molecule has 0 fully saturated rings. The van der Waals surface area contributed by atoms with E-state index in [1.807, 2.05) is 17.5 Å². The molecular weight excluding hydrogens is 339 g/mol. The summed E-state index contributed by atoms with van der Waals surface area (Å²) in [6.07, 6.45) is 1.06. The number of benzene rings is 1. The van der Waals surface area contributed by atoms with E-state index in [1.165, 1.54) is 17.4 Å². The number of Topliss-reactive ketones (excluding diaryl/α,β-unsaturated/α-hetero) is 1. The molecule has 2 nitrogen and oxygen atoms in total. The summed E-state index contributed by atoms with van der Waals surface area (Å²) in [4.78, 5) is 12.5. The number of hydrogen-bond donors (Lipinski definition) is 0. The molecule has 0 atom stereocenters. The second-order valence-corrected chi connectivity index (χ2v) is 6.22. The zero-order valence-corrected chi connectivity index (χ0v) is 13.5. The molecule has 20 heavy (non-hydrogen) atoms. The van der Waals surface area contributed by atoms with Crippen molar-refractivity contribution in [2.24, 2.45) is 0 Å². The first-order chi connectivity index (χ1) is 9.58. The average molecular weight is 350 g/mol. The van der Waals surface area contributed by atoms with Crippen molar-refractivity contribution in [2.75, 3.05) is 6.61 Å². The van der Waals surface area contributed by atoms with E-state index >= 15 is 0 Å². The first-order valence-corrected chi connectivity index (χ1v) is 7.93. The van der Waals surface area contributed by atoms with Gasteiger partial charge in [0.1, 0.15) is 5.75 Å². The first-order valence-electron chi connectivity index (χ1n) is 5.92. The van der Waals surface area contributed by atoms with E-state index in [0.717, 1.165) is 4.88 Å². The van der Waals surface area contributed by atoms with E-state index in [1.54, 1.807) is 6.07 Å².